The second-order valence-electron chi connectivity index (χ2n) is 6.37. The lowest BCUT2D eigenvalue weighted by molar-refractivity contribution is 0.413. The molecule has 0 radical (unpaired) electrons. The highest BCUT2D eigenvalue weighted by atomic mass is 16.5. The van der Waals surface area contributed by atoms with E-state index in [-0.39, 0.29) is 6.04 Å². The van der Waals surface area contributed by atoms with Crippen molar-refractivity contribution in [3.63, 3.8) is 0 Å². The summed E-state index contributed by atoms with van der Waals surface area (Å²) in [5, 5.41) is 16.3. The number of hydrogen-bond donors (Lipinski definition) is 1. The van der Waals surface area contributed by atoms with Crippen LogP contribution in [0.1, 0.15) is 23.0 Å². The smallest absolute Gasteiger partial charge is 0.178 e. The topological polar surface area (TPSA) is 73.6 Å². The fourth-order valence-electron chi connectivity index (χ4n) is 3.12. The molecule has 7 nitrogen and oxygen atoms in total. The van der Waals surface area contributed by atoms with Crippen molar-refractivity contribution in [2.75, 3.05) is 19.5 Å². The molecule has 142 valence electrons. The van der Waals surface area contributed by atoms with Crippen molar-refractivity contribution < 1.29 is 9.47 Å². The Labute approximate surface area is 162 Å². The molecule has 0 aliphatic carbocycles. The van der Waals surface area contributed by atoms with Gasteiger partial charge in [0.2, 0.25) is 0 Å². The average Bonchev–Trinajstić information content (AvgIpc) is 3.12. The third-order valence-corrected chi connectivity index (χ3v) is 4.57. The van der Waals surface area contributed by atoms with Gasteiger partial charge in [-0.2, -0.15) is 4.52 Å². The number of aromatic nitrogens is 4. The van der Waals surface area contributed by atoms with Crippen LogP contribution in [0.3, 0.4) is 0 Å². The number of rotatable bonds is 6. The van der Waals surface area contributed by atoms with E-state index in [4.69, 9.17) is 9.47 Å². The van der Waals surface area contributed by atoms with E-state index in [0.717, 1.165) is 28.5 Å². The number of anilines is 1. The maximum absolute atomic E-state index is 5.41. The van der Waals surface area contributed by atoms with Crippen molar-refractivity contribution in [1.82, 2.24) is 19.8 Å². The predicted octanol–water partition coefficient (Wildman–Crippen LogP) is 3.65. The normalized spacial score (nSPS) is 11.0. The van der Waals surface area contributed by atoms with E-state index in [2.05, 4.69) is 32.7 Å². The van der Waals surface area contributed by atoms with Crippen LogP contribution in [0.15, 0.2) is 60.7 Å². The van der Waals surface area contributed by atoms with Crippen molar-refractivity contribution in [2.45, 2.75) is 13.0 Å². The molecular weight excluding hydrogens is 354 g/mol. The number of nitrogens with one attached hydrogen (secondary N) is 1. The van der Waals surface area contributed by atoms with Gasteiger partial charge in [-0.3, -0.25) is 0 Å². The van der Waals surface area contributed by atoms with E-state index in [1.54, 1.807) is 18.7 Å². The Bertz CT molecular complexity index is 1060. The van der Waals surface area contributed by atoms with Gasteiger partial charge in [0.15, 0.2) is 11.5 Å². The summed E-state index contributed by atoms with van der Waals surface area (Å²) >= 11 is 0. The largest absolute Gasteiger partial charge is 0.497 e. The molecular formula is C21H21N5O2. The summed E-state index contributed by atoms with van der Waals surface area (Å²) in [5.41, 5.74) is 2.81. The number of aryl methyl sites for hydroxylation is 1. The summed E-state index contributed by atoms with van der Waals surface area (Å²) in [6, 6.07) is 19.6. The summed E-state index contributed by atoms with van der Waals surface area (Å²) in [6.45, 7) is 1.87. The zero-order valence-electron chi connectivity index (χ0n) is 16.0. The SMILES string of the molecule is COc1cccc(C(Nc2ccc3nnc(C)n3n2)c2cccc(OC)c2)c1. The van der Waals surface area contributed by atoms with E-state index >= 15 is 0 Å². The van der Waals surface area contributed by atoms with Crippen LogP contribution in [-0.4, -0.2) is 34.0 Å². The molecule has 2 aromatic heterocycles. The number of nitrogens with zero attached hydrogens (tertiary/aromatic N) is 4. The molecule has 1 N–H and O–H groups in total. The monoisotopic (exact) mass is 375 g/mol. The third kappa shape index (κ3) is 3.46. The lowest BCUT2D eigenvalue weighted by atomic mass is 9.98. The van der Waals surface area contributed by atoms with E-state index < -0.39 is 0 Å². The molecule has 0 atom stereocenters. The van der Waals surface area contributed by atoms with Crippen molar-refractivity contribution in [1.29, 1.82) is 0 Å². The molecule has 2 aromatic carbocycles. The molecule has 0 amide bonds. The Balaban J connectivity index is 1.77. The van der Waals surface area contributed by atoms with Crippen molar-refractivity contribution in [3.8, 4) is 11.5 Å². The van der Waals surface area contributed by atoms with E-state index in [0.29, 0.717) is 11.5 Å². The van der Waals surface area contributed by atoms with Crippen LogP contribution in [0.5, 0.6) is 11.5 Å². The lowest BCUT2D eigenvalue weighted by Gasteiger charge is -2.21. The minimum Gasteiger partial charge on any atom is -0.497 e. The van der Waals surface area contributed by atoms with E-state index in [9.17, 15) is 0 Å². The zero-order chi connectivity index (χ0) is 19.5. The highest BCUT2D eigenvalue weighted by Gasteiger charge is 2.17. The van der Waals surface area contributed by atoms with Gasteiger partial charge < -0.3 is 14.8 Å². The number of methoxy groups -OCH3 is 2. The van der Waals surface area contributed by atoms with Gasteiger partial charge >= 0.3 is 0 Å². The first kappa shape index (κ1) is 17.8. The van der Waals surface area contributed by atoms with Gasteiger partial charge in [-0.15, -0.1) is 15.3 Å². The highest BCUT2D eigenvalue weighted by Crippen LogP contribution is 2.30. The summed E-state index contributed by atoms with van der Waals surface area (Å²) in [7, 11) is 3.33. The molecule has 28 heavy (non-hydrogen) atoms. The molecule has 0 aliphatic rings. The average molecular weight is 375 g/mol. The van der Waals surface area contributed by atoms with E-state index in [1.165, 1.54) is 0 Å². The maximum atomic E-state index is 5.41. The van der Waals surface area contributed by atoms with Crippen LogP contribution < -0.4 is 14.8 Å². The van der Waals surface area contributed by atoms with Crippen molar-refractivity contribution in [3.05, 3.63) is 77.6 Å². The van der Waals surface area contributed by atoms with Gasteiger partial charge in [0, 0.05) is 0 Å². The quantitative estimate of drug-likeness (QED) is 0.554. The Morgan fingerprint density at radius 3 is 2.11 bits per heavy atom. The number of hydrogen-bond acceptors (Lipinski definition) is 6. The third-order valence-electron chi connectivity index (χ3n) is 4.57. The van der Waals surface area contributed by atoms with Crippen LogP contribution in [0.4, 0.5) is 5.82 Å². The minimum absolute atomic E-state index is 0.146. The molecule has 0 spiro atoms. The molecule has 0 fully saturated rings. The molecule has 0 aliphatic heterocycles. The van der Waals surface area contributed by atoms with Crippen LogP contribution in [0.2, 0.25) is 0 Å². The Hall–Kier alpha value is -3.61. The first-order valence-electron chi connectivity index (χ1n) is 8.91. The predicted molar refractivity (Wildman–Crippen MR) is 107 cm³/mol. The van der Waals surface area contributed by atoms with E-state index in [1.807, 2.05) is 55.5 Å². The van der Waals surface area contributed by atoms with Gasteiger partial charge in [-0.25, -0.2) is 0 Å². The minimum atomic E-state index is -0.146. The molecule has 0 saturated heterocycles. The molecule has 4 rings (SSSR count). The number of benzene rings is 2. The van der Waals surface area contributed by atoms with Crippen molar-refractivity contribution in [2.24, 2.45) is 0 Å². The fourth-order valence-corrected chi connectivity index (χ4v) is 3.12. The van der Waals surface area contributed by atoms with Crippen LogP contribution in [0, 0.1) is 6.92 Å². The van der Waals surface area contributed by atoms with Crippen LogP contribution in [-0.2, 0) is 0 Å². The fraction of sp³-hybridized carbons (Fsp3) is 0.190. The summed E-state index contributed by atoms with van der Waals surface area (Å²) in [5.74, 6) is 3.04. The van der Waals surface area contributed by atoms with Crippen molar-refractivity contribution >= 4 is 11.5 Å². The van der Waals surface area contributed by atoms with Gasteiger partial charge in [0.05, 0.1) is 20.3 Å². The molecule has 0 bridgehead atoms. The van der Waals surface area contributed by atoms with Gasteiger partial charge in [0.25, 0.3) is 0 Å². The summed E-state index contributed by atoms with van der Waals surface area (Å²) in [4.78, 5) is 0. The maximum Gasteiger partial charge on any atom is 0.178 e. The Kier molecular flexibility index (Phi) is 4.80. The lowest BCUT2D eigenvalue weighted by Crippen LogP contribution is -2.14. The molecule has 0 unspecified atom stereocenters. The molecule has 0 saturated carbocycles. The van der Waals surface area contributed by atoms with Gasteiger partial charge in [-0.05, 0) is 54.4 Å². The van der Waals surface area contributed by atoms with Gasteiger partial charge in [-0.1, -0.05) is 24.3 Å². The first-order valence-corrected chi connectivity index (χ1v) is 8.91. The molecule has 4 aromatic rings. The second-order valence-corrected chi connectivity index (χ2v) is 6.37. The molecule has 7 heteroatoms. The Morgan fingerprint density at radius 1 is 0.857 bits per heavy atom. The van der Waals surface area contributed by atoms with Crippen LogP contribution >= 0.6 is 0 Å². The summed E-state index contributed by atoms with van der Waals surface area (Å²) in [6.07, 6.45) is 0. The van der Waals surface area contributed by atoms with Gasteiger partial charge in [0.1, 0.15) is 17.3 Å². The first-order chi connectivity index (χ1) is 13.7. The zero-order valence-corrected chi connectivity index (χ0v) is 16.0. The highest BCUT2D eigenvalue weighted by molar-refractivity contribution is 5.49. The molecule has 2 heterocycles. The number of ether oxygens (including phenoxy) is 2. The standard InChI is InChI=1S/C21H21N5O2/c1-14-23-24-20-11-10-19(25-26(14)20)22-21(15-6-4-8-17(12-15)27-2)16-7-5-9-18(13-16)28-3/h4-13,21H,1-3H3,(H,22,25). The van der Waals surface area contributed by atoms with Crippen LogP contribution in [0.25, 0.3) is 5.65 Å². The summed E-state index contributed by atoms with van der Waals surface area (Å²) < 4.78 is 12.5. The Morgan fingerprint density at radius 2 is 1.50 bits per heavy atom. The second kappa shape index (κ2) is 7.56. The number of fused-ring (bicyclic) bond motifs is 1.